The van der Waals surface area contributed by atoms with Crippen LogP contribution < -0.4 is 0 Å². The highest BCUT2D eigenvalue weighted by molar-refractivity contribution is 7.85. The molecule has 0 bridgehead atoms. The largest absolute Gasteiger partial charge is 0.294 e. The summed E-state index contributed by atoms with van der Waals surface area (Å²) in [4.78, 5) is 26.6. The van der Waals surface area contributed by atoms with Crippen LogP contribution in [-0.2, 0) is 16.7 Å². The molecule has 0 fully saturated rings. The standard InChI is InChI=1S/C20H15NO5S/c1-12-5-7-13(8-6-12)11-21-19(22)16-4-2-3-14-9-15(27(24,25)26)10-17(18(14)16)20(21)23/h2-10H,11H2,1H3,(H,24,25,26). The molecule has 1 aliphatic heterocycles. The van der Waals surface area contributed by atoms with E-state index in [1.807, 2.05) is 31.2 Å². The fourth-order valence-electron chi connectivity index (χ4n) is 3.30. The van der Waals surface area contributed by atoms with Gasteiger partial charge in [-0.3, -0.25) is 19.0 Å². The number of hydrogen-bond donors (Lipinski definition) is 1. The Hall–Kier alpha value is -3.03. The van der Waals surface area contributed by atoms with Crippen LogP contribution in [0.4, 0.5) is 0 Å². The van der Waals surface area contributed by atoms with Gasteiger partial charge >= 0.3 is 0 Å². The lowest BCUT2D eigenvalue weighted by Crippen LogP contribution is -2.39. The van der Waals surface area contributed by atoms with Crippen molar-refractivity contribution < 1.29 is 22.6 Å². The third kappa shape index (κ3) is 2.90. The fraction of sp³-hybridized carbons (Fsp3) is 0.100. The smallest absolute Gasteiger partial charge is 0.282 e. The minimum Gasteiger partial charge on any atom is -0.282 e. The highest BCUT2D eigenvalue weighted by Crippen LogP contribution is 2.33. The van der Waals surface area contributed by atoms with Crippen molar-refractivity contribution >= 4 is 32.7 Å². The van der Waals surface area contributed by atoms with Gasteiger partial charge in [-0.25, -0.2) is 0 Å². The molecule has 0 aliphatic carbocycles. The lowest BCUT2D eigenvalue weighted by Gasteiger charge is -2.27. The van der Waals surface area contributed by atoms with Gasteiger partial charge in [0.2, 0.25) is 0 Å². The average Bonchev–Trinajstić information content (AvgIpc) is 2.63. The molecule has 0 unspecified atom stereocenters. The van der Waals surface area contributed by atoms with Gasteiger partial charge in [-0.2, -0.15) is 8.42 Å². The van der Waals surface area contributed by atoms with E-state index in [9.17, 15) is 22.6 Å². The second kappa shape index (κ2) is 6.00. The van der Waals surface area contributed by atoms with Crippen LogP contribution in [0.5, 0.6) is 0 Å². The Morgan fingerprint density at radius 1 is 0.926 bits per heavy atom. The second-order valence-corrected chi connectivity index (χ2v) is 7.95. The molecule has 0 saturated carbocycles. The van der Waals surface area contributed by atoms with Gasteiger partial charge in [-0.05, 0) is 36.1 Å². The summed E-state index contributed by atoms with van der Waals surface area (Å²) in [5.74, 6) is -1.02. The molecule has 2 amide bonds. The predicted octanol–water partition coefficient (Wildman–Crippen LogP) is 3.19. The first-order valence-electron chi connectivity index (χ1n) is 8.22. The van der Waals surface area contributed by atoms with E-state index < -0.39 is 21.9 Å². The zero-order valence-electron chi connectivity index (χ0n) is 14.3. The van der Waals surface area contributed by atoms with Crippen LogP contribution in [0.2, 0.25) is 0 Å². The molecule has 136 valence electrons. The molecule has 1 N–H and O–H groups in total. The number of carbonyl (C=O) groups excluding carboxylic acids is 2. The van der Waals surface area contributed by atoms with Crippen LogP contribution >= 0.6 is 0 Å². The van der Waals surface area contributed by atoms with E-state index in [0.29, 0.717) is 16.3 Å². The number of nitrogens with zero attached hydrogens (tertiary/aromatic N) is 1. The van der Waals surface area contributed by atoms with Crippen LogP contribution in [0.25, 0.3) is 10.8 Å². The van der Waals surface area contributed by atoms with Crippen LogP contribution in [0.1, 0.15) is 31.8 Å². The lowest BCUT2D eigenvalue weighted by molar-refractivity contribution is 0.0598. The number of rotatable bonds is 3. The number of benzene rings is 3. The maximum absolute atomic E-state index is 13.0. The third-order valence-electron chi connectivity index (χ3n) is 4.66. The van der Waals surface area contributed by atoms with Gasteiger partial charge in [0.15, 0.2) is 0 Å². The normalized spacial score (nSPS) is 14.1. The highest BCUT2D eigenvalue weighted by atomic mass is 32.2. The summed E-state index contributed by atoms with van der Waals surface area (Å²) in [6, 6.07) is 14.7. The molecule has 0 spiro atoms. The Balaban J connectivity index is 1.88. The molecular weight excluding hydrogens is 366 g/mol. The van der Waals surface area contributed by atoms with Gasteiger partial charge in [0.05, 0.1) is 17.0 Å². The van der Waals surface area contributed by atoms with E-state index in [-0.39, 0.29) is 17.0 Å². The molecular formula is C20H15NO5S. The zero-order valence-corrected chi connectivity index (χ0v) is 15.2. The summed E-state index contributed by atoms with van der Waals surface area (Å²) >= 11 is 0. The van der Waals surface area contributed by atoms with Gasteiger partial charge < -0.3 is 0 Å². The van der Waals surface area contributed by atoms with Gasteiger partial charge in [-0.15, -0.1) is 0 Å². The molecule has 6 nitrogen and oxygen atoms in total. The van der Waals surface area contributed by atoms with E-state index in [2.05, 4.69) is 0 Å². The maximum atomic E-state index is 13.0. The van der Waals surface area contributed by atoms with Gasteiger partial charge in [-0.1, -0.05) is 42.0 Å². The highest BCUT2D eigenvalue weighted by Gasteiger charge is 2.34. The molecule has 0 aromatic heterocycles. The minimum absolute atomic E-state index is 0.0733. The number of aryl methyl sites for hydroxylation is 1. The monoisotopic (exact) mass is 381 g/mol. The summed E-state index contributed by atoms with van der Waals surface area (Å²) in [6.45, 7) is 2.01. The predicted molar refractivity (Wildman–Crippen MR) is 99.1 cm³/mol. The Bertz CT molecular complexity index is 1210. The van der Waals surface area contributed by atoms with Crippen molar-refractivity contribution in [3.05, 3.63) is 76.9 Å². The van der Waals surface area contributed by atoms with E-state index in [4.69, 9.17) is 0 Å². The van der Waals surface area contributed by atoms with Gasteiger partial charge in [0, 0.05) is 10.9 Å². The molecule has 27 heavy (non-hydrogen) atoms. The Morgan fingerprint density at radius 2 is 1.59 bits per heavy atom. The molecule has 0 saturated heterocycles. The average molecular weight is 381 g/mol. The Kier molecular flexibility index (Phi) is 3.87. The van der Waals surface area contributed by atoms with Crippen molar-refractivity contribution in [2.45, 2.75) is 18.4 Å². The first kappa shape index (κ1) is 17.4. The summed E-state index contributed by atoms with van der Waals surface area (Å²) < 4.78 is 32.6. The second-order valence-electron chi connectivity index (χ2n) is 6.53. The first-order chi connectivity index (χ1) is 12.8. The maximum Gasteiger partial charge on any atom is 0.294 e. The Labute approximate surface area is 155 Å². The molecule has 0 radical (unpaired) electrons. The van der Waals surface area contributed by atoms with Crippen molar-refractivity contribution in [2.75, 3.05) is 0 Å². The number of carbonyl (C=O) groups is 2. The van der Waals surface area contributed by atoms with Crippen molar-refractivity contribution in [3.63, 3.8) is 0 Å². The third-order valence-corrected chi connectivity index (χ3v) is 5.49. The molecule has 1 aliphatic rings. The van der Waals surface area contributed by atoms with E-state index in [1.54, 1.807) is 18.2 Å². The molecule has 3 aromatic carbocycles. The van der Waals surface area contributed by atoms with Crippen molar-refractivity contribution in [2.24, 2.45) is 0 Å². The SMILES string of the molecule is Cc1ccc(CN2C(=O)c3cccc4cc(S(=O)(=O)O)cc(c34)C2=O)cc1. The van der Waals surface area contributed by atoms with Crippen LogP contribution in [0, 0.1) is 6.92 Å². The quantitative estimate of drug-likeness (QED) is 0.556. The zero-order chi connectivity index (χ0) is 19.3. The molecule has 3 aromatic rings. The van der Waals surface area contributed by atoms with Crippen molar-refractivity contribution in [1.29, 1.82) is 0 Å². The molecule has 7 heteroatoms. The summed E-state index contributed by atoms with van der Waals surface area (Å²) in [7, 11) is -4.49. The van der Waals surface area contributed by atoms with E-state index in [1.165, 1.54) is 6.07 Å². The van der Waals surface area contributed by atoms with E-state index >= 15 is 0 Å². The van der Waals surface area contributed by atoms with Crippen molar-refractivity contribution in [1.82, 2.24) is 4.90 Å². The van der Waals surface area contributed by atoms with Gasteiger partial charge in [0.1, 0.15) is 0 Å². The van der Waals surface area contributed by atoms with Crippen LogP contribution in [0.3, 0.4) is 0 Å². The summed E-state index contributed by atoms with van der Waals surface area (Å²) in [6.07, 6.45) is 0. The molecule has 1 heterocycles. The van der Waals surface area contributed by atoms with Gasteiger partial charge in [0.25, 0.3) is 21.9 Å². The molecule has 0 atom stereocenters. The fourth-order valence-corrected chi connectivity index (χ4v) is 3.84. The topological polar surface area (TPSA) is 91.8 Å². The number of hydrogen-bond acceptors (Lipinski definition) is 4. The van der Waals surface area contributed by atoms with Crippen molar-refractivity contribution in [3.8, 4) is 0 Å². The first-order valence-corrected chi connectivity index (χ1v) is 9.66. The molecule has 4 rings (SSSR count). The van der Waals surface area contributed by atoms with Crippen LogP contribution in [-0.4, -0.2) is 29.7 Å². The Morgan fingerprint density at radius 3 is 2.26 bits per heavy atom. The number of imide groups is 1. The number of amides is 2. The summed E-state index contributed by atoms with van der Waals surface area (Å²) in [5.41, 5.74) is 2.25. The lowest BCUT2D eigenvalue weighted by atomic mass is 9.93. The minimum atomic E-state index is -4.49. The van der Waals surface area contributed by atoms with E-state index in [0.717, 1.165) is 22.1 Å². The summed E-state index contributed by atoms with van der Waals surface area (Å²) in [5, 5.41) is 0.814. The van der Waals surface area contributed by atoms with Crippen LogP contribution in [0.15, 0.2) is 59.5 Å².